The number of benzene rings is 1. The molecule has 0 aliphatic heterocycles. The minimum absolute atomic E-state index is 0.0667. The largest absolute Gasteiger partial charge is 0.383 e. The molecule has 1 amide bonds. The number of hydrogen-bond donors (Lipinski definition) is 2. The van der Waals surface area contributed by atoms with Crippen LogP contribution in [0.2, 0.25) is 0 Å². The molecule has 0 bridgehead atoms. The third kappa shape index (κ3) is 4.91. The first kappa shape index (κ1) is 15.0. The topological polar surface area (TPSA) is 84.3 Å². The van der Waals surface area contributed by atoms with Crippen LogP contribution in [0.5, 0.6) is 0 Å². The van der Waals surface area contributed by atoms with Crippen molar-refractivity contribution in [3.63, 3.8) is 0 Å². The second-order valence-electron chi connectivity index (χ2n) is 5.05. The quantitative estimate of drug-likeness (QED) is 0.349. The molecule has 1 aliphatic carbocycles. The summed E-state index contributed by atoms with van der Waals surface area (Å²) in [5.74, 6) is 0.449. The fourth-order valence-electron chi connectivity index (χ4n) is 2.29. The zero-order chi connectivity index (χ0) is 15.1. The fraction of sp³-hybridized carbons (Fsp3) is 0.400. The Labute approximate surface area is 123 Å². The maximum Gasteiger partial charge on any atom is 0.269 e. The average Bonchev–Trinajstić information content (AvgIpc) is 2.97. The van der Waals surface area contributed by atoms with Crippen LogP contribution in [0.4, 0.5) is 11.4 Å². The van der Waals surface area contributed by atoms with Gasteiger partial charge in [0.15, 0.2) is 0 Å². The molecule has 0 saturated heterocycles. The Kier molecular flexibility index (Phi) is 5.31. The van der Waals surface area contributed by atoms with Gasteiger partial charge in [-0.2, -0.15) is 0 Å². The van der Waals surface area contributed by atoms with Gasteiger partial charge < -0.3 is 10.6 Å². The number of nitrogens with one attached hydrogen (secondary N) is 2. The van der Waals surface area contributed by atoms with E-state index in [9.17, 15) is 14.9 Å². The first-order valence-corrected chi connectivity index (χ1v) is 7.07. The molecule has 6 nitrogen and oxygen atoms in total. The summed E-state index contributed by atoms with van der Waals surface area (Å²) in [6, 6.07) is 6.22. The van der Waals surface area contributed by atoms with Crippen LogP contribution in [0.25, 0.3) is 0 Å². The smallest absolute Gasteiger partial charge is 0.269 e. The van der Waals surface area contributed by atoms with E-state index in [1.54, 1.807) is 12.1 Å². The molecule has 0 aromatic heterocycles. The number of rotatable bonds is 7. The number of hydrogen-bond acceptors (Lipinski definition) is 4. The van der Waals surface area contributed by atoms with E-state index in [1.165, 1.54) is 12.1 Å². The predicted octanol–water partition coefficient (Wildman–Crippen LogP) is 2.48. The second-order valence-corrected chi connectivity index (χ2v) is 5.05. The minimum Gasteiger partial charge on any atom is -0.383 e. The van der Waals surface area contributed by atoms with Gasteiger partial charge in [-0.15, -0.1) is 0 Å². The number of allylic oxidation sites excluding steroid dienone is 2. The highest BCUT2D eigenvalue weighted by molar-refractivity contribution is 5.76. The highest BCUT2D eigenvalue weighted by atomic mass is 16.6. The standard InChI is InChI=1S/C15H19N3O3/c19-15(11-12-3-1-2-4-12)17-10-9-16-13-5-7-14(8-6-13)18(20)21/h1,3,5-8,12,16H,2,4,9-11H2,(H,17,19)/t12-/m1/s1. The van der Waals surface area contributed by atoms with Gasteiger partial charge in [-0.3, -0.25) is 14.9 Å². The molecular weight excluding hydrogens is 270 g/mol. The van der Waals surface area contributed by atoms with Crippen LogP contribution in [-0.4, -0.2) is 23.9 Å². The summed E-state index contributed by atoms with van der Waals surface area (Å²) in [6.45, 7) is 1.12. The number of carbonyl (C=O) groups is 1. The van der Waals surface area contributed by atoms with Crippen LogP contribution >= 0.6 is 0 Å². The van der Waals surface area contributed by atoms with Crippen molar-refractivity contribution in [1.29, 1.82) is 0 Å². The maximum atomic E-state index is 11.7. The van der Waals surface area contributed by atoms with E-state index < -0.39 is 4.92 Å². The van der Waals surface area contributed by atoms with E-state index in [1.807, 2.05) is 0 Å². The Morgan fingerprint density at radius 3 is 2.67 bits per heavy atom. The molecule has 6 heteroatoms. The lowest BCUT2D eigenvalue weighted by molar-refractivity contribution is -0.384. The van der Waals surface area contributed by atoms with Gasteiger partial charge >= 0.3 is 0 Å². The van der Waals surface area contributed by atoms with Crippen LogP contribution in [0, 0.1) is 16.0 Å². The number of carbonyl (C=O) groups excluding carboxylic acids is 1. The number of amides is 1. The van der Waals surface area contributed by atoms with Crippen molar-refractivity contribution in [3.8, 4) is 0 Å². The zero-order valence-electron chi connectivity index (χ0n) is 11.7. The van der Waals surface area contributed by atoms with Crippen molar-refractivity contribution >= 4 is 17.3 Å². The van der Waals surface area contributed by atoms with Crippen LogP contribution in [-0.2, 0) is 4.79 Å². The van der Waals surface area contributed by atoms with Gasteiger partial charge in [0.05, 0.1) is 4.92 Å². The molecule has 1 aliphatic rings. The van der Waals surface area contributed by atoms with Gasteiger partial charge in [0.25, 0.3) is 5.69 Å². The molecule has 112 valence electrons. The number of nitro groups is 1. The first-order chi connectivity index (χ1) is 10.1. The van der Waals surface area contributed by atoms with Crippen molar-refractivity contribution in [2.45, 2.75) is 19.3 Å². The molecule has 0 radical (unpaired) electrons. The Morgan fingerprint density at radius 1 is 1.29 bits per heavy atom. The van der Waals surface area contributed by atoms with E-state index in [4.69, 9.17) is 0 Å². The normalized spacial score (nSPS) is 16.7. The van der Waals surface area contributed by atoms with E-state index >= 15 is 0 Å². The number of non-ortho nitro benzene ring substituents is 1. The molecule has 0 unspecified atom stereocenters. The van der Waals surface area contributed by atoms with E-state index in [0.29, 0.717) is 25.4 Å². The SMILES string of the molecule is O=C(C[C@@H]1C=CCC1)NCCNc1ccc([N+](=O)[O-])cc1. The van der Waals surface area contributed by atoms with Gasteiger partial charge in [-0.1, -0.05) is 12.2 Å². The summed E-state index contributed by atoms with van der Waals surface area (Å²) in [6.07, 6.45) is 6.91. The summed E-state index contributed by atoms with van der Waals surface area (Å²) in [5.41, 5.74) is 0.868. The summed E-state index contributed by atoms with van der Waals surface area (Å²) in [4.78, 5) is 21.8. The Bertz CT molecular complexity index is 525. The van der Waals surface area contributed by atoms with Gasteiger partial charge in [-0.25, -0.2) is 0 Å². The van der Waals surface area contributed by atoms with Crippen LogP contribution in [0.15, 0.2) is 36.4 Å². The maximum absolute atomic E-state index is 11.7. The summed E-state index contributed by atoms with van der Waals surface area (Å²) in [5, 5.41) is 16.5. The minimum atomic E-state index is -0.429. The summed E-state index contributed by atoms with van der Waals surface area (Å²) < 4.78 is 0. The van der Waals surface area contributed by atoms with Crippen molar-refractivity contribution in [1.82, 2.24) is 5.32 Å². The van der Waals surface area contributed by atoms with E-state index in [-0.39, 0.29) is 11.6 Å². The molecule has 21 heavy (non-hydrogen) atoms. The lowest BCUT2D eigenvalue weighted by Crippen LogP contribution is -2.29. The van der Waals surface area contributed by atoms with Gasteiger partial charge in [0, 0.05) is 37.3 Å². The lowest BCUT2D eigenvalue weighted by atomic mass is 10.1. The molecule has 0 saturated carbocycles. The third-order valence-corrected chi connectivity index (χ3v) is 3.41. The highest BCUT2D eigenvalue weighted by Crippen LogP contribution is 2.19. The molecule has 2 N–H and O–H groups in total. The Hall–Kier alpha value is -2.37. The van der Waals surface area contributed by atoms with E-state index in [0.717, 1.165) is 18.5 Å². The second kappa shape index (κ2) is 7.42. The Morgan fingerprint density at radius 2 is 2.05 bits per heavy atom. The van der Waals surface area contributed by atoms with Crippen molar-refractivity contribution in [3.05, 3.63) is 46.5 Å². The number of anilines is 1. The van der Waals surface area contributed by atoms with Crippen LogP contribution < -0.4 is 10.6 Å². The van der Waals surface area contributed by atoms with Crippen molar-refractivity contribution in [2.24, 2.45) is 5.92 Å². The molecule has 1 atom stereocenters. The predicted molar refractivity (Wildman–Crippen MR) is 81.1 cm³/mol. The monoisotopic (exact) mass is 289 g/mol. The molecule has 0 fully saturated rings. The molecular formula is C15H19N3O3. The molecule has 0 spiro atoms. The summed E-state index contributed by atoms with van der Waals surface area (Å²) in [7, 11) is 0. The number of nitro benzene ring substituents is 1. The summed E-state index contributed by atoms with van der Waals surface area (Å²) >= 11 is 0. The van der Waals surface area contributed by atoms with Crippen molar-refractivity contribution < 1.29 is 9.72 Å². The van der Waals surface area contributed by atoms with Gasteiger partial charge in [0.1, 0.15) is 0 Å². The lowest BCUT2D eigenvalue weighted by Gasteiger charge is -2.10. The van der Waals surface area contributed by atoms with E-state index in [2.05, 4.69) is 22.8 Å². The first-order valence-electron chi connectivity index (χ1n) is 7.07. The molecule has 1 aromatic carbocycles. The molecule has 0 heterocycles. The molecule has 2 rings (SSSR count). The van der Waals surface area contributed by atoms with Crippen LogP contribution in [0.3, 0.4) is 0 Å². The average molecular weight is 289 g/mol. The highest BCUT2D eigenvalue weighted by Gasteiger charge is 2.13. The third-order valence-electron chi connectivity index (χ3n) is 3.41. The molecule has 1 aromatic rings. The Balaban J connectivity index is 1.63. The van der Waals surface area contributed by atoms with Gasteiger partial charge in [-0.05, 0) is 30.9 Å². The fourth-order valence-corrected chi connectivity index (χ4v) is 2.29. The van der Waals surface area contributed by atoms with Crippen LogP contribution in [0.1, 0.15) is 19.3 Å². The zero-order valence-corrected chi connectivity index (χ0v) is 11.7. The number of nitrogens with zero attached hydrogens (tertiary/aromatic N) is 1. The van der Waals surface area contributed by atoms with Gasteiger partial charge in [0.2, 0.25) is 5.91 Å². The van der Waals surface area contributed by atoms with Crippen molar-refractivity contribution in [2.75, 3.05) is 18.4 Å².